The van der Waals surface area contributed by atoms with Gasteiger partial charge in [0, 0.05) is 17.6 Å². The molecule has 4 rings (SSSR count). The maximum Gasteiger partial charge on any atom is 0.226 e. The minimum Gasteiger partial charge on any atom is -0.496 e. The van der Waals surface area contributed by atoms with Gasteiger partial charge < -0.3 is 14.7 Å². The molecule has 0 saturated carbocycles. The number of ether oxygens (including phenoxy) is 1. The van der Waals surface area contributed by atoms with Gasteiger partial charge in [-0.25, -0.2) is 4.68 Å². The first-order chi connectivity index (χ1) is 15.8. The first-order valence-corrected chi connectivity index (χ1v) is 11.9. The Morgan fingerprint density at radius 2 is 1.97 bits per heavy atom. The van der Waals surface area contributed by atoms with Crippen LogP contribution in [0.2, 0.25) is 0 Å². The molecule has 1 aliphatic rings. The Morgan fingerprint density at radius 1 is 1.15 bits per heavy atom. The van der Waals surface area contributed by atoms with Crippen molar-refractivity contribution >= 4 is 21.8 Å². The van der Waals surface area contributed by atoms with Gasteiger partial charge in [0.05, 0.1) is 25.4 Å². The number of carbonyl (C=O) groups is 1. The number of carbonyl (C=O) groups excluding carboxylic acids is 1. The number of methoxy groups -OCH3 is 1. The summed E-state index contributed by atoms with van der Waals surface area (Å²) in [5.41, 5.74) is 3.37. The van der Waals surface area contributed by atoms with E-state index in [-0.39, 0.29) is 5.91 Å². The van der Waals surface area contributed by atoms with Crippen molar-refractivity contribution < 1.29 is 14.6 Å². The fraction of sp³-hybridized carbons (Fsp3) is 0.400. The normalized spacial score (nSPS) is 18.8. The van der Waals surface area contributed by atoms with E-state index in [0.717, 1.165) is 32.6 Å². The van der Waals surface area contributed by atoms with Crippen molar-refractivity contribution in [3.8, 4) is 11.4 Å². The van der Waals surface area contributed by atoms with Crippen LogP contribution in [0, 0.1) is 13.8 Å². The number of rotatable bonds is 5. The summed E-state index contributed by atoms with van der Waals surface area (Å²) in [7, 11) is 1.64. The van der Waals surface area contributed by atoms with E-state index in [9.17, 15) is 9.90 Å². The van der Waals surface area contributed by atoms with Crippen LogP contribution in [-0.2, 0) is 16.8 Å². The van der Waals surface area contributed by atoms with E-state index in [0.29, 0.717) is 44.5 Å². The average molecular weight is 513 g/mol. The van der Waals surface area contributed by atoms with Gasteiger partial charge in [-0.2, -0.15) is 0 Å². The van der Waals surface area contributed by atoms with Gasteiger partial charge in [-0.3, -0.25) is 4.79 Å². The number of nitrogens with zero attached hydrogens (tertiary/aromatic N) is 4. The number of halogens is 1. The third kappa shape index (κ3) is 5.12. The van der Waals surface area contributed by atoms with Crippen LogP contribution in [0.3, 0.4) is 0 Å². The molecule has 7 nitrogen and oxygen atoms in total. The predicted molar refractivity (Wildman–Crippen MR) is 130 cm³/mol. The molecule has 1 atom stereocenters. The van der Waals surface area contributed by atoms with Crippen LogP contribution in [0.25, 0.3) is 5.69 Å². The summed E-state index contributed by atoms with van der Waals surface area (Å²) in [5, 5.41) is 20.0. The lowest BCUT2D eigenvalue weighted by atomic mass is 9.92. The third-order valence-corrected chi connectivity index (χ3v) is 6.86. The number of hydrogen-bond donors (Lipinski definition) is 1. The molecule has 1 saturated heterocycles. The van der Waals surface area contributed by atoms with Crippen LogP contribution in [-0.4, -0.2) is 51.1 Å². The van der Waals surface area contributed by atoms with Crippen LogP contribution in [0.5, 0.6) is 5.75 Å². The Hall–Kier alpha value is -2.71. The van der Waals surface area contributed by atoms with Gasteiger partial charge in [0.2, 0.25) is 5.91 Å². The molecule has 0 spiro atoms. The van der Waals surface area contributed by atoms with Gasteiger partial charge in [-0.15, -0.1) is 5.10 Å². The second-order valence-electron chi connectivity index (χ2n) is 8.73. The minimum absolute atomic E-state index is 0.0549. The van der Waals surface area contributed by atoms with Crippen molar-refractivity contribution in [3.05, 3.63) is 69.5 Å². The summed E-state index contributed by atoms with van der Waals surface area (Å²) in [6.45, 7) is 5.08. The van der Waals surface area contributed by atoms with Gasteiger partial charge in [0.15, 0.2) is 0 Å². The maximum atomic E-state index is 13.0. The second kappa shape index (κ2) is 9.65. The fourth-order valence-electron chi connectivity index (χ4n) is 4.36. The highest BCUT2D eigenvalue weighted by atomic mass is 79.9. The second-order valence-corrected chi connectivity index (χ2v) is 9.64. The van der Waals surface area contributed by atoms with Gasteiger partial charge in [0.1, 0.15) is 17.0 Å². The topological polar surface area (TPSA) is 80.5 Å². The molecule has 1 amide bonds. The van der Waals surface area contributed by atoms with Crippen molar-refractivity contribution in [3.63, 3.8) is 0 Å². The first-order valence-electron chi connectivity index (χ1n) is 11.1. The van der Waals surface area contributed by atoms with Gasteiger partial charge in [0.25, 0.3) is 0 Å². The molecule has 1 fully saturated rings. The first kappa shape index (κ1) is 23.4. The van der Waals surface area contributed by atoms with E-state index in [2.05, 4.69) is 26.2 Å². The number of likely N-dealkylation sites (tertiary alicyclic amines) is 1. The summed E-state index contributed by atoms with van der Waals surface area (Å²) in [5.74, 6) is 0.842. The third-order valence-electron chi connectivity index (χ3n) is 6.37. The molecule has 0 radical (unpaired) electrons. The van der Waals surface area contributed by atoms with Crippen molar-refractivity contribution in [1.29, 1.82) is 0 Å². The molecule has 3 aromatic rings. The molecule has 1 aromatic heterocycles. The van der Waals surface area contributed by atoms with E-state index in [4.69, 9.17) is 4.74 Å². The summed E-state index contributed by atoms with van der Waals surface area (Å²) >= 11 is 3.48. The lowest BCUT2D eigenvalue weighted by Crippen LogP contribution is -2.34. The largest absolute Gasteiger partial charge is 0.496 e. The van der Waals surface area contributed by atoms with Crippen LogP contribution in [0.4, 0.5) is 0 Å². The summed E-state index contributed by atoms with van der Waals surface area (Å²) in [6.07, 6.45) is 3.77. The Morgan fingerprint density at radius 3 is 2.73 bits per heavy atom. The maximum absolute atomic E-state index is 13.0. The molecule has 2 aromatic carbocycles. The van der Waals surface area contributed by atoms with E-state index in [1.165, 1.54) is 0 Å². The van der Waals surface area contributed by atoms with Crippen LogP contribution in [0.1, 0.15) is 41.6 Å². The molecule has 33 heavy (non-hydrogen) atoms. The lowest BCUT2D eigenvalue weighted by Gasteiger charge is -2.24. The Bertz CT molecular complexity index is 1160. The number of aliphatic hydroxyl groups is 1. The average Bonchev–Trinajstić information content (AvgIpc) is 3.19. The molecule has 1 aliphatic heterocycles. The summed E-state index contributed by atoms with van der Waals surface area (Å²) in [4.78, 5) is 14.8. The van der Waals surface area contributed by atoms with Crippen molar-refractivity contribution in [2.45, 2.75) is 45.1 Å². The monoisotopic (exact) mass is 512 g/mol. The molecular weight excluding hydrogens is 484 g/mol. The lowest BCUT2D eigenvalue weighted by molar-refractivity contribution is -0.130. The molecule has 2 heterocycles. The standard InChI is InChI=1S/C25H29BrN4O3/c1-17-5-6-19(14-22(17)33-3)15-24(31)29-11-4-9-25(32,10-12-29)23-16-30(28-27-23)21-8-7-20(26)13-18(21)2/h5-8,13-14,16,32H,4,9-12,15H2,1-3H3. The minimum atomic E-state index is -1.11. The number of benzene rings is 2. The van der Waals surface area contributed by atoms with E-state index in [1.54, 1.807) is 18.0 Å². The van der Waals surface area contributed by atoms with Crippen molar-refractivity contribution in [1.82, 2.24) is 19.9 Å². The number of aromatic nitrogens is 3. The molecule has 8 heteroatoms. The van der Waals surface area contributed by atoms with Crippen LogP contribution in [0.15, 0.2) is 47.1 Å². The summed E-state index contributed by atoms with van der Waals surface area (Å²) in [6, 6.07) is 11.8. The van der Waals surface area contributed by atoms with Crippen LogP contribution < -0.4 is 4.74 Å². The zero-order valence-electron chi connectivity index (χ0n) is 19.2. The summed E-state index contributed by atoms with van der Waals surface area (Å²) < 4.78 is 8.08. The Balaban J connectivity index is 1.45. The van der Waals surface area contributed by atoms with Crippen molar-refractivity contribution in [2.75, 3.05) is 20.2 Å². The molecule has 1 unspecified atom stereocenters. The highest BCUT2D eigenvalue weighted by Crippen LogP contribution is 2.32. The molecule has 174 valence electrons. The highest BCUT2D eigenvalue weighted by Gasteiger charge is 2.36. The zero-order valence-corrected chi connectivity index (χ0v) is 20.8. The van der Waals surface area contributed by atoms with E-state index >= 15 is 0 Å². The van der Waals surface area contributed by atoms with E-state index in [1.807, 2.05) is 55.1 Å². The molecule has 0 bridgehead atoms. The zero-order chi connectivity index (χ0) is 23.6. The molecule has 0 aliphatic carbocycles. The van der Waals surface area contributed by atoms with Gasteiger partial charge in [-0.05, 0) is 74.1 Å². The molecule has 1 N–H and O–H groups in total. The van der Waals surface area contributed by atoms with Gasteiger partial charge >= 0.3 is 0 Å². The Labute approximate surface area is 202 Å². The number of aryl methyl sites for hydroxylation is 2. The number of amides is 1. The van der Waals surface area contributed by atoms with E-state index < -0.39 is 5.60 Å². The predicted octanol–water partition coefficient (Wildman–Crippen LogP) is 4.10. The van der Waals surface area contributed by atoms with Crippen molar-refractivity contribution in [2.24, 2.45) is 0 Å². The van der Waals surface area contributed by atoms with Crippen LogP contribution >= 0.6 is 15.9 Å². The fourth-order valence-corrected chi connectivity index (χ4v) is 4.83. The molecular formula is C25H29BrN4O3. The smallest absolute Gasteiger partial charge is 0.226 e. The van der Waals surface area contributed by atoms with Gasteiger partial charge in [-0.1, -0.05) is 33.3 Å². The number of hydrogen-bond acceptors (Lipinski definition) is 5. The Kier molecular flexibility index (Phi) is 6.86. The highest BCUT2D eigenvalue weighted by molar-refractivity contribution is 9.10. The SMILES string of the molecule is COc1cc(CC(=O)N2CCCC(O)(c3cn(-c4ccc(Br)cc4C)nn3)CC2)ccc1C. The quantitative estimate of drug-likeness (QED) is 0.556.